The van der Waals surface area contributed by atoms with Gasteiger partial charge in [0.1, 0.15) is 6.04 Å². The summed E-state index contributed by atoms with van der Waals surface area (Å²) in [6.07, 6.45) is 0.863. The number of carbonyl (C=O) groups is 2. The summed E-state index contributed by atoms with van der Waals surface area (Å²) in [5, 5.41) is 15.1. The Morgan fingerprint density at radius 3 is 2.25 bits per heavy atom. The second kappa shape index (κ2) is 11.8. The highest BCUT2D eigenvalue weighted by Gasteiger charge is 2.31. The van der Waals surface area contributed by atoms with Crippen LogP contribution in [0.15, 0.2) is 42.5 Å². The first-order chi connectivity index (χ1) is 15.2. The minimum absolute atomic E-state index is 0.00437. The van der Waals surface area contributed by atoms with Crippen molar-refractivity contribution >= 4 is 40.7 Å². The van der Waals surface area contributed by atoms with Crippen LogP contribution in [-0.4, -0.2) is 33.7 Å². The average Bonchev–Trinajstić information content (AvgIpc) is 2.75. The van der Waals surface area contributed by atoms with E-state index in [0.29, 0.717) is 22.0 Å². The van der Waals surface area contributed by atoms with Crippen molar-refractivity contribution in [2.45, 2.75) is 58.7 Å². The minimum Gasteiger partial charge on any atom is -0.352 e. The van der Waals surface area contributed by atoms with Crippen molar-refractivity contribution in [3.63, 3.8) is 0 Å². The molecule has 0 aliphatic rings. The van der Waals surface area contributed by atoms with Gasteiger partial charge in [0.15, 0.2) is 0 Å². The summed E-state index contributed by atoms with van der Waals surface area (Å²) in [7, 11) is 0. The Morgan fingerprint density at radius 2 is 1.69 bits per heavy atom. The summed E-state index contributed by atoms with van der Waals surface area (Å²) >= 11 is 12.7. The first kappa shape index (κ1) is 25.6. The molecule has 7 nitrogen and oxygen atoms in total. The lowest BCUT2D eigenvalue weighted by atomic mass is 10.0. The number of hydrogen-bond acceptors (Lipinski definition) is 4. The van der Waals surface area contributed by atoms with Gasteiger partial charge in [-0.25, -0.2) is 0 Å². The number of halogens is 2. The van der Waals surface area contributed by atoms with Gasteiger partial charge in [0.2, 0.25) is 11.8 Å². The first-order valence-electron chi connectivity index (χ1n) is 10.4. The molecule has 0 heterocycles. The van der Waals surface area contributed by atoms with Crippen LogP contribution in [0.25, 0.3) is 0 Å². The van der Waals surface area contributed by atoms with E-state index in [-0.39, 0.29) is 36.2 Å². The summed E-state index contributed by atoms with van der Waals surface area (Å²) in [6.45, 7) is 5.65. The lowest BCUT2D eigenvalue weighted by Crippen LogP contribution is -2.51. The molecule has 9 heteroatoms. The number of hydrogen-bond donors (Lipinski definition) is 1. The molecule has 0 radical (unpaired) electrons. The van der Waals surface area contributed by atoms with Gasteiger partial charge in [-0.1, -0.05) is 61.3 Å². The van der Waals surface area contributed by atoms with Gasteiger partial charge < -0.3 is 10.2 Å². The largest absolute Gasteiger partial charge is 0.352 e. The van der Waals surface area contributed by atoms with Crippen molar-refractivity contribution in [2.75, 3.05) is 0 Å². The highest BCUT2D eigenvalue weighted by molar-refractivity contribution is 6.36. The molecule has 0 aliphatic heterocycles. The zero-order valence-electron chi connectivity index (χ0n) is 18.3. The van der Waals surface area contributed by atoms with Crippen LogP contribution in [0.5, 0.6) is 0 Å². The predicted octanol–water partition coefficient (Wildman–Crippen LogP) is 5.17. The Balaban J connectivity index is 2.43. The summed E-state index contributed by atoms with van der Waals surface area (Å²) in [5.74, 6) is -0.720. The van der Waals surface area contributed by atoms with Gasteiger partial charge in [-0.2, -0.15) is 0 Å². The van der Waals surface area contributed by atoms with E-state index in [1.54, 1.807) is 37.3 Å². The molecule has 2 aromatic rings. The van der Waals surface area contributed by atoms with Crippen LogP contribution < -0.4 is 5.32 Å². The van der Waals surface area contributed by atoms with E-state index in [2.05, 4.69) is 5.32 Å². The van der Waals surface area contributed by atoms with Gasteiger partial charge in [-0.05, 0) is 31.9 Å². The smallest absolute Gasteiger partial charge is 0.273 e. The fraction of sp³-hybridized carbons (Fsp3) is 0.391. The van der Waals surface area contributed by atoms with Crippen LogP contribution in [0.1, 0.15) is 44.7 Å². The number of rotatable bonds is 10. The Bertz CT molecular complexity index is 963. The number of para-hydroxylation sites is 1. The number of nitrogens with one attached hydrogen (secondary N) is 1. The lowest BCUT2D eigenvalue weighted by molar-refractivity contribution is -0.385. The van der Waals surface area contributed by atoms with Crippen LogP contribution in [0.2, 0.25) is 10.0 Å². The average molecular weight is 480 g/mol. The molecule has 1 N–H and O–H groups in total. The molecule has 2 rings (SSSR count). The van der Waals surface area contributed by atoms with Gasteiger partial charge in [0, 0.05) is 39.8 Å². The van der Waals surface area contributed by atoms with Gasteiger partial charge in [-0.3, -0.25) is 19.7 Å². The van der Waals surface area contributed by atoms with Crippen molar-refractivity contribution in [1.82, 2.24) is 10.2 Å². The maximum atomic E-state index is 13.4. The van der Waals surface area contributed by atoms with Crippen LogP contribution in [0.4, 0.5) is 5.69 Å². The van der Waals surface area contributed by atoms with E-state index in [1.165, 1.54) is 17.0 Å². The van der Waals surface area contributed by atoms with E-state index in [4.69, 9.17) is 23.2 Å². The Kier molecular flexibility index (Phi) is 9.47. The number of nitro groups is 1. The van der Waals surface area contributed by atoms with E-state index in [0.717, 1.165) is 6.42 Å². The van der Waals surface area contributed by atoms with Crippen molar-refractivity contribution in [3.8, 4) is 0 Å². The molecule has 0 aromatic heterocycles. The molecule has 172 valence electrons. The summed E-state index contributed by atoms with van der Waals surface area (Å²) < 4.78 is 0. The molecule has 0 unspecified atom stereocenters. The Hall–Kier alpha value is -2.64. The first-order valence-corrected chi connectivity index (χ1v) is 11.2. The molecule has 2 amide bonds. The van der Waals surface area contributed by atoms with Gasteiger partial charge >= 0.3 is 0 Å². The molecule has 0 spiro atoms. The fourth-order valence-electron chi connectivity index (χ4n) is 3.32. The van der Waals surface area contributed by atoms with Crippen LogP contribution in [-0.2, 0) is 22.6 Å². The zero-order chi connectivity index (χ0) is 23.8. The topological polar surface area (TPSA) is 92.6 Å². The minimum atomic E-state index is -0.786. The van der Waals surface area contributed by atoms with Crippen molar-refractivity contribution in [3.05, 3.63) is 73.8 Å². The number of amides is 2. The van der Waals surface area contributed by atoms with Crippen molar-refractivity contribution < 1.29 is 14.5 Å². The number of benzene rings is 2. The molecule has 0 saturated heterocycles. The highest BCUT2D eigenvalue weighted by Crippen LogP contribution is 2.28. The molecular formula is C23H27Cl2N3O4. The number of nitrogens with zero attached hydrogens (tertiary/aromatic N) is 2. The van der Waals surface area contributed by atoms with E-state index in [9.17, 15) is 19.7 Å². The van der Waals surface area contributed by atoms with Crippen LogP contribution in [0.3, 0.4) is 0 Å². The highest BCUT2D eigenvalue weighted by atomic mass is 35.5. The standard InChI is InChI=1S/C23H27Cl2N3O4/c1-4-15(3)26-23(30)20(5-2)27(14-17-18(24)10-8-11-19(17)25)22(29)13-16-9-6-7-12-21(16)28(31)32/h6-12,15,20H,4-5,13-14H2,1-3H3,(H,26,30)/t15-,20+/m1/s1. The molecule has 0 fully saturated rings. The second-order valence-electron chi connectivity index (χ2n) is 7.53. The van der Waals surface area contributed by atoms with E-state index in [1.807, 2.05) is 13.8 Å². The van der Waals surface area contributed by atoms with Gasteiger partial charge in [-0.15, -0.1) is 0 Å². The second-order valence-corrected chi connectivity index (χ2v) is 8.34. The zero-order valence-corrected chi connectivity index (χ0v) is 19.8. The maximum absolute atomic E-state index is 13.4. The molecule has 0 bridgehead atoms. The molecule has 0 saturated carbocycles. The fourth-order valence-corrected chi connectivity index (χ4v) is 3.83. The number of nitro benzene ring substituents is 1. The quantitative estimate of drug-likeness (QED) is 0.375. The monoisotopic (exact) mass is 479 g/mol. The van der Waals surface area contributed by atoms with E-state index >= 15 is 0 Å². The van der Waals surface area contributed by atoms with Crippen molar-refractivity contribution in [1.29, 1.82) is 0 Å². The molecular weight excluding hydrogens is 453 g/mol. The molecule has 32 heavy (non-hydrogen) atoms. The van der Waals surface area contributed by atoms with Gasteiger partial charge in [0.25, 0.3) is 5.69 Å². The maximum Gasteiger partial charge on any atom is 0.273 e. The molecule has 0 aliphatic carbocycles. The van der Waals surface area contributed by atoms with Crippen LogP contribution in [0, 0.1) is 10.1 Å². The Morgan fingerprint density at radius 1 is 1.06 bits per heavy atom. The van der Waals surface area contributed by atoms with Crippen molar-refractivity contribution in [2.24, 2.45) is 0 Å². The van der Waals surface area contributed by atoms with Crippen LogP contribution >= 0.6 is 23.2 Å². The summed E-state index contributed by atoms with van der Waals surface area (Å²) in [6, 6.07) is 10.2. The SMILES string of the molecule is CC[C@@H](C)NC(=O)[C@H](CC)N(Cc1c(Cl)cccc1Cl)C(=O)Cc1ccccc1[N+](=O)[O-]. The summed E-state index contributed by atoms with van der Waals surface area (Å²) in [5.41, 5.74) is 0.644. The molecule has 2 aromatic carbocycles. The van der Waals surface area contributed by atoms with Gasteiger partial charge in [0.05, 0.1) is 11.3 Å². The third-order valence-corrected chi connectivity index (χ3v) is 6.02. The molecule has 2 atom stereocenters. The normalized spacial score (nSPS) is 12.7. The predicted molar refractivity (Wildman–Crippen MR) is 126 cm³/mol. The third kappa shape index (κ3) is 6.43. The summed E-state index contributed by atoms with van der Waals surface area (Å²) in [4.78, 5) is 38.7. The Labute approximate surface area is 197 Å². The lowest BCUT2D eigenvalue weighted by Gasteiger charge is -2.32. The van der Waals surface area contributed by atoms with E-state index < -0.39 is 16.9 Å². The number of carbonyl (C=O) groups excluding carboxylic acids is 2. The third-order valence-electron chi connectivity index (χ3n) is 5.31.